The van der Waals surface area contributed by atoms with E-state index < -0.39 is 10.0 Å². The van der Waals surface area contributed by atoms with E-state index in [4.69, 9.17) is 0 Å². The first-order chi connectivity index (χ1) is 11.0. The second kappa shape index (κ2) is 6.05. The largest absolute Gasteiger partial charge is 0.264 e. The minimum absolute atomic E-state index is 0.302. The molecule has 3 rings (SSSR count). The third-order valence-electron chi connectivity index (χ3n) is 4.04. The van der Waals surface area contributed by atoms with E-state index in [0.717, 1.165) is 22.4 Å². The molecule has 1 aliphatic heterocycles. The van der Waals surface area contributed by atoms with Gasteiger partial charge in [0.2, 0.25) is 0 Å². The Hall–Kier alpha value is -2.33. The molecule has 118 valence electrons. The highest BCUT2D eigenvalue weighted by Gasteiger charge is 2.28. The molecule has 0 fully saturated rings. The molecule has 0 atom stereocenters. The molecule has 23 heavy (non-hydrogen) atoms. The fourth-order valence-corrected chi connectivity index (χ4v) is 4.17. The van der Waals surface area contributed by atoms with E-state index in [-0.39, 0.29) is 0 Å². The van der Waals surface area contributed by atoms with Gasteiger partial charge >= 0.3 is 0 Å². The van der Waals surface area contributed by atoms with Gasteiger partial charge < -0.3 is 0 Å². The van der Waals surface area contributed by atoms with Crippen LogP contribution in [0.25, 0.3) is 0 Å². The molecule has 1 aliphatic rings. The van der Waals surface area contributed by atoms with Crippen LogP contribution in [0.3, 0.4) is 0 Å². The first-order valence-electron chi connectivity index (χ1n) is 7.51. The fraction of sp³-hybridized carbons (Fsp3) is 0.158. The molecule has 0 bridgehead atoms. The molecule has 2 aromatic carbocycles. The molecule has 4 heteroatoms. The maximum Gasteiger partial charge on any atom is 0.264 e. The Morgan fingerprint density at radius 3 is 2.48 bits per heavy atom. The van der Waals surface area contributed by atoms with Crippen LogP contribution in [0.15, 0.2) is 77.7 Å². The van der Waals surface area contributed by atoms with E-state index in [1.807, 2.05) is 49.4 Å². The lowest BCUT2D eigenvalue weighted by Gasteiger charge is -2.25. The molecule has 0 amide bonds. The van der Waals surface area contributed by atoms with Crippen LogP contribution in [-0.4, -0.2) is 15.0 Å². The quantitative estimate of drug-likeness (QED) is 0.859. The number of para-hydroxylation sites is 1. The summed E-state index contributed by atoms with van der Waals surface area (Å²) < 4.78 is 27.8. The summed E-state index contributed by atoms with van der Waals surface area (Å²) in [5, 5.41) is 0. The number of rotatable bonds is 3. The number of nitrogens with zero attached hydrogens (tertiary/aromatic N) is 1. The summed E-state index contributed by atoms with van der Waals surface area (Å²) in [5.41, 5.74) is 3.69. The zero-order valence-corrected chi connectivity index (χ0v) is 13.9. The molecule has 1 heterocycles. The van der Waals surface area contributed by atoms with E-state index in [9.17, 15) is 8.42 Å². The Morgan fingerprint density at radius 1 is 1.09 bits per heavy atom. The van der Waals surface area contributed by atoms with Gasteiger partial charge in [-0.1, -0.05) is 54.6 Å². The van der Waals surface area contributed by atoms with Crippen LogP contribution in [0.1, 0.15) is 11.1 Å². The Kier molecular flexibility index (Phi) is 4.09. The van der Waals surface area contributed by atoms with Crippen molar-refractivity contribution in [3.05, 3.63) is 84.0 Å². The lowest BCUT2D eigenvalue weighted by atomic mass is 10.1. The van der Waals surface area contributed by atoms with Crippen molar-refractivity contribution in [2.24, 2.45) is 0 Å². The Labute approximate surface area is 137 Å². The van der Waals surface area contributed by atoms with Crippen LogP contribution in [0, 0.1) is 6.92 Å². The Bertz CT molecular complexity index is 864. The summed E-state index contributed by atoms with van der Waals surface area (Å²) in [5.74, 6) is 0. The van der Waals surface area contributed by atoms with Crippen LogP contribution in [-0.2, 0) is 16.4 Å². The second-order valence-corrected chi connectivity index (χ2v) is 7.50. The second-order valence-electron chi connectivity index (χ2n) is 5.64. The van der Waals surface area contributed by atoms with Gasteiger partial charge in [0.1, 0.15) is 0 Å². The van der Waals surface area contributed by atoms with Crippen LogP contribution >= 0.6 is 0 Å². The lowest BCUT2D eigenvalue weighted by Crippen LogP contribution is -2.32. The van der Waals surface area contributed by atoms with Crippen molar-refractivity contribution in [2.75, 3.05) is 10.8 Å². The van der Waals surface area contributed by atoms with E-state index in [0.29, 0.717) is 17.9 Å². The molecule has 0 saturated heterocycles. The molecule has 0 aromatic heterocycles. The number of allylic oxidation sites excluding steroid dienone is 1. The lowest BCUT2D eigenvalue weighted by molar-refractivity contribution is 0.592. The summed E-state index contributed by atoms with van der Waals surface area (Å²) in [6.45, 7) is 6.04. The number of hydrogen-bond donors (Lipinski definition) is 0. The molecule has 3 nitrogen and oxygen atoms in total. The highest BCUT2D eigenvalue weighted by atomic mass is 32.2. The van der Waals surface area contributed by atoms with Gasteiger partial charge in [0.05, 0.1) is 17.1 Å². The Balaban J connectivity index is 2.14. The van der Waals surface area contributed by atoms with E-state index >= 15 is 0 Å². The van der Waals surface area contributed by atoms with Crippen molar-refractivity contribution < 1.29 is 8.42 Å². The van der Waals surface area contributed by atoms with Crippen LogP contribution in [0.4, 0.5) is 5.69 Å². The SMILES string of the molecule is C=CC1=CCc2ccccc2N(S(=O)(=O)c2ccc(C)cc2)C1. The first kappa shape index (κ1) is 15.6. The molecule has 0 radical (unpaired) electrons. The number of benzene rings is 2. The maximum atomic E-state index is 13.1. The summed E-state index contributed by atoms with van der Waals surface area (Å²) >= 11 is 0. The van der Waals surface area contributed by atoms with Gasteiger partial charge in [0, 0.05) is 0 Å². The van der Waals surface area contributed by atoms with Gasteiger partial charge in [-0.2, -0.15) is 0 Å². The zero-order valence-electron chi connectivity index (χ0n) is 13.1. The minimum atomic E-state index is -3.61. The van der Waals surface area contributed by atoms with Crippen molar-refractivity contribution in [3.8, 4) is 0 Å². The topological polar surface area (TPSA) is 37.4 Å². The van der Waals surface area contributed by atoms with E-state index in [1.54, 1.807) is 18.2 Å². The van der Waals surface area contributed by atoms with Gasteiger partial charge in [-0.25, -0.2) is 8.42 Å². The number of hydrogen-bond acceptors (Lipinski definition) is 2. The molecular weight excluding hydrogens is 306 g/mol. The number of anilines is 1. The van der Waals surface area contributed by atoms with Gasteiger partial charge in [0.15, 0.2) is 0 Å². The first-order valence-corrected chi connectivity index (χ1v) is 8.95. The summed E-state index contributed by atoms with van der Waals surface area (Å²) in [6, 6.07) is 14.6. The van der Waals surface area contributed by atoms with Crippen molar-refractivity contribution in [2.45, 2.75) is 18.2 Å². The molecular formula is C19H19NO2S. The monoisotopic (exact) mass is 325 g/mol. The fourth-order valence-electron chi connectivity index (χ4n) is 2.68. The van der Waals surface area contributed by atoms with Crippen LogP contribution in [0.2, 0.25) is 0 Å². The molecule has 0 saturated carbocycles. The smallest absolute Gasteiger partial charge is 0.262 e. The molecule has 0 aliphatic carbocycles. The van der Waals surface area contributed by atoms with Gasteiger partial charge in [-0.15, -0.1) is 0 Å². The van der Waals surface area contributed by atoms with Crippen LogP contribution < -0.4 is 4.31 Å². The van der Waals surface area contributed by atoms with Crippen molar-refractivity contribution in [1.82, 2.24) is 0 Å². The Morgan fingerprint density at radius 2 is 1.78 bits per heavy atom. The summed E-state index contributed by atoms with van der Waals surface area (Å²) in [6.07, 6.45) is 4.47. The van der Waals surface area contributed by atoms with Crippen molar-refractivity contribution >= 4 is 15.7 Å². The number of fused-ring (bicyclic) bond motifs is 1. The molecule has 2 aromatic rings. The highest BCUT2D eigenvalue weighted by Crippen LogP contribution is 2.31. The summed E-state index contributed by atoms with van der Waals surface area (Å²) in [7, 11) is -3.61. The third-order valence-corrected chi connectivity index (χ3v) is 5.82. The van der Waals surface area contributed by atoms with Crippen molar-refractivity contribution in [1.29, 1.82) is 0 Å². The average Bonchev–Trinajstić information content (AvgIpc) is 2.75. The van der Waals surface area contributed by atoms with E-state index in [1.165, 1.54) is 4.31 Å². The molecule has 0 spiro atoms. The predicted molar refractivity (Wildman–Crippen MR) is 94.1 cm³/mol. The van der Waals surface area contributed by atoms with Gasteiger partial charge in [-0.05, 0) is 42.7 Å². The zero-order chi connectivity index (χ0) is 16.4. The maximum absolute atomic E-state index is 13.1. The van der Waals surface area contributed by atoms with Crippen LogP contribution in [0.5, 0.6) is 0 Å². The number of aryl methyl sites for hydroxylation is 1. The molecule has 0 N–H and O–H groups in total. The normalized spacial score (nSPS) is 14.7. The standard InChI is InChI=1S/C19H19NO2S/c1-3-16-10-11-17-6-4-5-7-19(17)20(14-16)23(21,22)18-12-8-15(2)9-13-18/h3-10,12-13H,1,11,14H2,2H3. The average molecular weight is 325 g/mol. The number of sulfonamides is 1. The van der Waals surface area contributed by atoms with Gasteiger partial charge in [0.25, 0.3) is 10.0 Å². The third kappa shape index (κ3) is 2.94. The highest BCUT2D eigenvalue weighted by molar-refractivity contribution is 7.92. The summed E-state index contributed by atoms with van der Waals surface area (Å²) in [4.78, 5) is 0.309. The minimum Gasteiger partial charge on any atom is -0.262 e. The molecule has 0 unspecified atom stereocenters. The predicted octanol–water partition coefficient (Wildman–Crippen LogP) is 3.86. The van der Waals surface area contributed by atoms with Gasteiger partial charge in [-0.3, -0.25) is 4.31 Å². The van der Waals surface area contributed by atoms with Crippen molar-refractivity contribution in [3.63, 3.8) is 0 Å². The van der Waals surface area contributed by atoms with E-state index in [2.05, 4.69) is 6.58 Å².